The minimum Gasteiger partial charge on any atom is -0.368 e. The van der Waals surface area contributed by atoms with E-state index in [1.54, 1.807) is 0 Å². The van der Waals surface area contributed by atoms with Crippen molar-refractivity contribution in [3.05, 3.63) is 0 Å². The molecule has 1 unspecified atom stereocenters. The summed E-state index contributed by atoms with van der Waals surface area (Å²) in [4.78, 5) is 10.8. The van der Waals surface area contributed by atoms with Gasteiger partial charge in [-0.2, -0.15) is 17.5 Å². The van der Waals surface area contributed by atoms with Crippen LogP contribution >= 0.6 is 0 Å². The highest BCUT2D eigenvalue weighted by atomic mass is 32.2. The minimum atomic E-state index is -5.50. The number of primary amides is 1. The second-order valence-electron chi connectivity index (χ2n) is 3.18. The molecule has 0 bridgehead atoms. The summed E-state index contributed by atoms with van der Waals surface area (Å²) in [5.74, 6) is -1.11. The van der Waals surface area contributed by atoms with E-state index in [1.165, 1.54) is 0 Å². The van der Waals surface area contributed by atoms with Crippen LogP contribution in [-0.2, 0) is 14.8 Å². The number of carbonyl (C=O) groups is 1. The molecule has 1 aliphatic rings. The number of nitrogens with two attached hydrogens (primary N) is 1. The number of nitrogens with one attached hydrogen (secondary N) is 1. The first-order valence-corrected chi connectivity index (χ1v) is 5.70. The summed E-state index contributed by atoms with van der Waals surface area (Å²) < 4.78 is 59.0. The number of amides is 1. The number of hydrogen-bond donors (Lipinski definition) is 2. The number of nitrogens with zero attached hydrogens (tertiary/aromatic N) is 1. The van der Waals surface area contributed by atoms with Gasteiger partial charge in [-0.1, -0.05) is 0 Å². The number of carbonyl (C=O) groups excluding carboxylic acids is 1. The van der Waals surface area contributed by atoms with Crippen LogP contribution in [-0.4, -0.2) is 49.8 Å². The van der Waals surface area contributed by atoms with Crippen LogP contribution in [0.25, 0.3) is 0 Å². The predicted octanol–water partition coefficient (Wildman–Crippen LogP) is -1.40. The Morgan fingerprint density at radius 2 is 2.00 bits per heavy atom. The fourth-order valence-electron chi connectivity index (χ4n) is 1.35. The first-order chi connectivity index (χ1) is 7.18. The van der Waals surface area contributed by atoms with Crippen LogP contribution in [0.2, 0.25) is 0 Å². The van der Waals surface area contributed by atoms with Crippen molar-refractivity contribution >= 4 is 15.9 Å². The Hall–Kier alpha value is -0.870. The fraction of sp³-hybridized carbons (Fsp3) is 0.833. The van der Waals surface area contributed by atoms with Crippen LogP contribution in [0.5, 0.6) is 0 Å². The van der Waals surface area contributed by atoms with Crippen molar-refractivity contribution in [3.63, 3.8) is 0 Å². The molecule has 94 valence electrons. The molecule has 0 aromatic carbocycles. The lowest BCUT2D eigenvalue weighted by atomic mass is 10.2. The molecule has 1 heterocycles. The summed E-state index contributed by atoms with van der Waals surface area (Å²) in [5, 5.41) is 2.60. The SMILES string of the molecule is NC(=O)C1CNCCN1S(=O)(=O)C(F)(F)F. The average Bonchev–Trinajstić information content (AvgIpc) is 2.16. The first kappa shape index (κ1) is 13.2. The van der Waals surface area contributed by atoms with E-state index in [1.807, 2.05) is 0 Å². The van der Waals surface area contributed by atoms with Crippen LogP contribution in [0.1, 0.15) is 0 Å². The van der Waals surface area contributed by atoms with Gasteiger partial charge in [-0.05, 0) is 0 Å². The Labute approximate surface area is 89.6 Å². The van der Waals surface area contributed by atoms with E-state index in [2.05, 4.69) is 5.32 Å². The maximum absolute atomic E-state index is 12.3. The average molecular weight is 261 g/mol. The van der Waals surface area contributed by atoms with Crippen LogP contribution in [0, 0.1) is 0 Å². The lowest BCUT2D eigenvalue weighted by Crippen LogP contribution is -2.60. The first-order valence-electron chi connectivity index (χ1n) is 4.26. The van der Waals surface area contributed by atoms with Crippen LogP contribution < -0.4 is 11.1 Å². The molecule has 0 saturated carbocycles. The number of hydrogen-bond acceptors (Lipinski definition) is 4. The maximum atomic E-state index is 12.3. The zero-order valence-electron chi connectivity index (χ0n) is 7.99. The number of halogens is 3. The van der Waals surface area contributed by atoms with Crippen LogP contribution in [0.4, 0.5) is 13.2 Å². The zero-order valence-corrected chi connectivity index (χ0v) is 8.81. The van der Waals surface area contributed by atoms with Gasteiger partial charge < -0.3 is 11.1 Å². The molecule has 1 fully saturated rings. The monoisotopic (exact) mass is 261 g/mol. The zero-order chi connectivity index (χ0) is 12.6. The van der Waals surface area contributed by atoms with Gasteiger partial charge in [0, 0.05) is 19.6 Å². The summed E-state index contributed by atoms with van der Waals surface area (Å²) in [5.41, 5.74) is -0.573. The third kappa shape index (κ3) is 2.28. The third-order valence-corrected chi connectivity index (χ3v) is 3.76. The molecule has 6 nitrogen and oxygen atoms in total. The number of piperazine rings is 1. The highest BCUT2D eigenvalue weighted by molar-refractivity contribution is 7.90. The number of rotatable bonds is 2. The quantitative estimate of drug-likeness (QED) is 0.639. The molecule has 0 aliphatic carbocycles. The van der Waals surface area contributed by atoms with E-state index >= 15 is 0 Å². The molecule has 1 rings (SSSR count). The van der Waals surface area contributed by atoms with Gasteiger partial charge in [-0.15, -0.1) is 0 Å². The van der Waals surface area contributed by atoms with Crippen molar-refractivity contribution in [1.82, 2.24) is 9.62 Å². The minimum absolute atomic E-state index is 0.0408. The molecule has 0 spiro atoms. The van der Waals surface area contributed by atoms with Gasteiger partial charge in [0.05, 0.1) is 0 Å². The highest BCUT2D eigenvalue weighted by Crippen LogP contribution is 2.28. The largest absolute Gasteiger partial charge is 0.511 e. The van der Waals surface area contributed by atoms with E-state index in [9.17, 15) is 26.4 Å². The third-order valence-electron chi connectivity index (χ3n) is 2.12. The molecule has 0 radical (unpaired) electrons. The molecule has 0 aromatic rings. The Kier molecular flexibility index (Phi) is 3.45. The van der Waals surface area contributed by atoms with Crippen molar-refractivity contribution in [2.45, 2.75) is 11.6 Å². The molecule has 16 heavy (non-hydrogen) atoms. The highest BCUT2D eigenvalue weighted by Gasteiger charge is 2.53. The van der Waals surface area contributed by atoms with E-state index in [0.717, 1.165) is 0 Å². The number of sulfonamides is 1. The maximum Gasteiger partial charge on any atom is 0.511 e. The Morgan fingerprint density at radius 1 is 1.44 bits per heavy atom. The molecule has 1 saturated heterocycles. The molecule has 10 heteroatoms. The van der Waals surface area contributed by atoms with Crippen LogP contribution in [0.3, 0.4) is 0 Å². The van der Waals surface area contributed by atoms with E-state index in [-0.39, 0.29) is 17.4 Å². The van der Waals surface area contributed by atoms with E-state index in [4.69, 9.17) is 5.73 Å². The van der Waals surface area contributed by atoms with Crippen molar-refractivity contribution in [3.8, 4) is 0 Å². The second-order valence-corrected chi connectivity index (χ2v) is 5.07. The molecule has 1 aliphatic heterocycles. The summed E-state index contributed by atoms with van der Waals surface area (Å²) in [6.07, 6.45) is 0. The standard InChI is InChI=1S/C6H10F3N3O3S/c7-6(8,9)16(14,15)12-2-1-11-3-4(12)5(10)13/h4,11H,1-3H2,(H2,10,13). The Balaban J connectivity index is 3.05. The molecular weight excluding hydrogens is 251 g/mol. The molecule has 1 amide bonds. The van der Waals surface area contributed by atoms with Gasteiger partial charge in [0.1, 0.15) is 6.04 Å². The summed E-state index contributed by atoms with van der Waals surface area (Å²) in [7, 11) is -5.50. The van der Waals surface area contributed by atoms with Crippen molar-refractivity contribution < 1.29 is 26.4 Å². The topological polar surface area (TPSA) is 92.5 Å². The van der Waals surface area contributed by atoms with Gasteiger partial charge in [0.2, 0.25) is 5.91 Å². The normalized spacial score (nSPS) is 24.3. The lowest BCUT2D eigenvalue weighted by Gasteiger charge is -2.33. The smallest absolute Gasteiger partial charge is 0.368 e. The number of alkyl halides is 3. The van der Waals surface area contributed by atoms with Crippen molar-refractivity contribution in [2.24, 2.45) is 5.73 Å². The van der Waals surface area contributed by atoms with E-state index in [0.29, 0.717) is 0 Å². The predicted molar refractivity (Wildman–Crippen MR) is 47.5 cm³/mol. The van der Waals surface area contributed by atoms with Crippen molar-refractivity contribution in [1.29, 1.82) is 0 Å². The Bertz CT molecular complexity index is 380. The molecule has 0 aromatic heterocycles. The van der Waals surface area contributed by atoms with E-state index < -0.39 is 34.0 Å². The molecular formula is C6H10F3N3O3S. The fourth-order valence-corrected chi connectivity index (χ4v) is 2.46. The summed E-state index contributed by atoms with van der Waals surface area (Å²) >= 11 is 0. The summed E-state index contributed by atoms with van der Waals surface area (Å²) in [6, 6.07) is -1.50. The lowest BCUT2D eigenvalue weighted by molar-refractivity contribution is -0.122. The van der Waals surface area contributed by atoms with Crippen LogP contribution in [0.15, 0.2) is 0 Å². The molecule has 1 atom stereocenters. The van der Waals surface area contributed by atoms with Gasteiger partial charge in [-0.25, -0.2) is 8.42 Å². The van der Waals surface area contributed by atoms with Crippen molar-refractivity contribution in [2.75, 3.05) is 19.6 Å². The van der Waals surface area contributed by atoms with Gasteiger partial charge >= 0.3 is 15.5 Å². The Morgan fingerprint density at radius 3 is 2.44 bits per heavy atom. The van der Waals surface area contributed by atoms with Gasteiger partial charge in [0.15, 0.2) is 0 Å². The van der Waals surface area contributed by atoms with Gasteiger partial charge in [-0.3, -0.25) is 4.79 Å². The second kappa shape index (κ2) is 4.18. The summed E-state index contributed by atoms with van der Waals surface area (Å²) in [6.45, 7) is -0.612. The molecule has 3 N–H and O–H groups in total. The van der Waals surface area contributed by atoms with Gasteiger partial charge in [0.25, 0.3) is 0 Å².